The first-order chi connectivity index (χ1) is 9.90. The molecule has 21 heavy (non-hydrogen) atoms. The molecule has 2 heterocycles. The minimum Gasteiger partial charge on any atom is -0.469 e. The van der Waals surface area contributed by atoms with E-state index in [4.69, 9.17) is 8.94 Å². The normalized spacial score (nSPS) is 21.2. The molecule has 0 radical (unpaired) electrons. The maximum Gasteiger partial charge on any atom is 0.269 e. The van der Waals surface area contributed by atoms with Crippen LogP contribution in [-0.4, -0.2) is 19.5 Å². The number of carbonyl (C=O) groups excluding carboxylic acids is 1. The van der Waals surface area contributed by atoms with Gasteiger partial charge in [-0.3, -0.25) is 4.79 Å². The lowest BCUT2D eigenvalue weighted by molar-refractivity contribution is -0.120. The van der Waals surface area contributed by atoms with Crippen LogP contribution in [0, 0.1) is 19.8 Å². The van der Waals surface area contributed by atoms with Crippen molar-refractivity contribution in [2.24, 2.45) is 5.92 Å². The molecule has 0 spiro atoms. The standard InChI is InChI=1S/C13H14N2O5S/c1-7-12(8(2)20-14-7)21(17,18)15-13(16)10-6-9(10)11-4-3-5-19-11/h3-5,9-10H,6H2,1-2H3,(H,15,16). The predicted octanol–water partition coefficient (Wildman–Crippen LogP) is 1.49. The highest BCUT2D eigenvalue weighted by atomic mass is 32.2. The summed E-state index contributed by atoms with van der Waals surface area (Å²) in [5.41, 5.74) is 0.228. The molecule has 1 amide bonds. The van der Waals surface area contributed by atoms with Crippen LogP contribution in [-0.2, 0) is 14.8 Å². The second-order valence-electron chi connectivity index (χ2n) is 5.09. The third-order valence-electron chi connectivity index (χ3n) is 3.51. The molecule has 2 aromatic heterocycles. The van der Waals surface area contributed by atoms with Crippen molar-refractivity contribution in [3.05, 3.63) is 35.6 Å². The SMILES string of the molecule is Cc1noc(C)c1S(=O)(=O)NC(=O)C1CC1c1ccco1. The summed E-state index contributed by atoms with van der Waals surface area (Å²) in [5, 5.41) is 3.59. The van der Waals surface area contributed by atoms with Crippen molar-refractivity contribution in [2.75, 3.05) is 0 Å². The number of nitrogens with zero attached hydrogens (tertiary/aromatic N) is 1. The van der Waals surface area contributed by atoms with Crippen molar-refractivity contribution in [3.8, 4) is 0 Å². The molecule has 3 rings (SSSR count). The van der Waals surface area contributed by atoms with Gasteiger partial charge in [-0.25, -0.2) is 13.1 Å². The van der Waals surface area contributed by atoms with Gasteiger partial charge in [-0.1, -0.05) is 5.16 Å². The van der Waals surface area contributed by atoms with E-state index in [1.165, 1.54) is 20.1 Å². The molecule has 1 aliphatic rings. The molecular formula is C13H14N2O5S. The largest absolute Gasteiger partial charge is 0.469 e. The number of amides is 1. The molecule has 7 nitrogen and oxygen atoms in total. The van der Waals surface area contributed by atoms with Crippen LogP contribution in [0.3, 0.4) is 0 Å². The summed E-state index contributed by atoms with van der Waals surface area (Å²) in [6.45, 7) is 3.00. The number of sulfonamides is 1. The number of furan rings is 1. The van der Waals surface area contributed by atoms with Crippen molar-refractivity contribution < 1.29 is 22.2 Å². The molecule has 0 aromatic carbocycles. The third-order valence-corrected chi connectivity index (χ3v) is 5.10. The van der Waals surface area contributed by atoms with Crippen LogP contribution in [0.2, 0.25) is 0 Å². The van der Waals surface area contributed by atoms with Crippen LogP contribution < -0.4 is 4.72 Å². The van der Waals surface area contributed by atoms with Gasteiger partial charge in [0, 0.05) is 11.8 Å². The molecule has 1 aliphatic carbocycles. The Bertz CT molecular complexity index is 756. The highest BCUT2D eigenvalue weighted by molar-refractivity contribution is 7.90. The maximum absolute atomic E-state index is 12.2. The van der Waals surface area contributed by atoms with Crippen molar-refractivity contribution >= 4 is 15.9 Å². The Kier molecular flexibility index (Phi) is 3.12. The van der Waals surface area contributed by atoms with E-state index in [-0.39, 0.29) is 28.2 Å². The number of carbonyl (C=O) groups is 1. The van der Waals surface area contributed by atoms with Crippen molar-refractivity contribution in [1.29, 1.82) is 0 Å². The monoisotopic (exact) mass is 310 g/mol. The minimum atomic E-state index is -3.96. The maximum atomic E-state index is 12.2. The zero-order valence-electron chi connectivity index (χ0n) is 11.5. The van der Waals surface area contributed by atoms with Gasteiger partial charge in [0.2, 0.25) is 5.91 Å². The molecule has 1 N–H and O–H groups in total. The molecule has 2 unspecified atom stereocenters. The molecule has 1 fully saturated rings. The number of hydrogen-bond donors (Lipinski definition) is 1. The first-order valence-corrected chi connectivity index (χ1v) is 7.91. The van der Waals surface area contributed by atoms with E-state index in [1.807, 2.05) is 0 Å². The van der Waals surface area contributed by atoms with Crippen LogP contribution in [0.4, 0.5) is 0 Å². The fourth-order valence-electron chi connectivity index (χ4n) is 2.42. The fourth-order valence-corrected chi connectivity index (χ4v) is 3.78. The second kappa shape index (κ2) is 4.73. The number of rotatable bonds is 4. The van der Waals surface area contributed by atoms with Gasteiger partial charge in [-0.15, -0.1) is 0 Å². The van der Waals surface area contributed by atoms with Gasteiger partial charge in [-0.2, -0.15) is 0 Å². The van der Waals surface area contributed by atoms with Crippen LogP contribution in [0.1, 0.15) is 29.6 Å². The first kappa shape index (κ1) is 13.9. The Morgan fingerprint density at radius 3 is 2.76 bits per heavy atom. The molecule has 2 aromatic rings. The van der Waals surface area contributed by atoms with Crippen LogP contribution in [0.15, 0.2) is 32.2 Å². The average Bonchev–Trinajstić information content (AvgIpc) is 2.85. The van der Waals surface area contributed by atoms with E-state index >= 15 is 0 Å². The summed E-state index contributed by atoms with van der Waals surface area (Å²) in [6, 6.07) is 3.52. The predicted molar refractivity (Wildman–Crippen MR) is 70.9 cm³/mol. The summed E-state index contributed by atoms with van der Waals surface area (Å²) in [7, 11) is -3.96. The summed E-state index contributed by atoms with van der Waals surface area (Å²) < 4.78 is 36.6. The Morgan fingerprint density at radius 1 is 1.43 bits per heavy atom. The highest BCUT2D eigenvalue weighted by Crippen LogP contribution is 2.47. The molecule has 112 valence electrons. The van der Waals surface area contributed by atoms with Gasteiger partial charge in [0.1, 0.15) is 11.5 Å². The lowest BCUT2D eigenvalue weighted by Gasteiger charge is -2.05. The molecule has 1 saturated carbocycles. The minimum absolute atomic E-state index is 0.0557. The van der Waals surface area contributed by atoms with Crippen LogP contribution in [0.5, 0.6) is 0 Å². The summed E-state index contributed by atoms with van der Waals surface area (Å²) >= 11 is 0. The Balaban J connectivity index is 1.74. The van der Waals surface area contributed by atoms with Crippen LogP contribution >= 0.6 is 0 Å². The Morgan fingerprint density at radius 2 is 2.19 bits per heavy atom. The lowest BCUT2D eigenvalue weighted by atomic mass is 10.2. The first-order valence-electron chi connectivity index (χ1n) is 6.43. The summed E-state index contributed by atoms with van der Waals surface area (Å²) in [4.78, 5) is 12.0. The van der Waals surface area contributed by atoms with Gasteiger partial charge in [-0.05, 0) is 32.4 Å². The highest BCUT2D eigenvalue weighted by Gasteiger charge is 2.47. The molecule has 0 bridgehead atoms. The van der Waals surface area contributed by atoms with E-state index in [0.717, 1.165) is 0 Å². The lowest BCUT2D eigenvalue weighted by Crippen LogP contribution is -2.32. The average molecular weight is 310 g/mol. The number of aromatic nitrogens is 1. The van der Waals surface area contributed by atoms with Gasteiger partial charge in [0.15, 0.2) is 10.7 Å². The summed E-state index contributed by atoms with van der Waals surface area (Å²) in [6.07, 6.45) is 2.11. The van der Waals surface area contributed by atoms with Crippen molar-refractivity contribution in [3.63, 3.8) is 0 Å². The van der Waals surface area contributed by atoms with E-state index < -0.39 is 15.9 Å². The zero-order valence-corrected chi connectivity index (χ0v) is 12.3. The van der Waals surface area contributed by atoms with Gasteiger partial charge < -0.3 is 8.94 Å². The van der Waals surface area contributed by atoms with E-state index in [0.29, 0.717) is 12.2 Å². The fraction of sp³-hybridized carbons (Fsp3) is 0.385. The third kappa shape index (κ3) is 2.46. The van der Waals surface area contributed by atoms with E-state index in [9.17, 15) is 13.2 Å². The number of hydrogen-bond acceptors (Lipinski definition) is 6. The van der Waals surface area contributed by atoms with Crippen LogP contribution in [0.25, 0.3) is 0 Å². The van der Waals surface area contributed by atoms with Gasteiger partial charge in [0.05, 0.1) is 6.26 Å². The molecule has 2 atom stereocenters. The van der Waals surface area contributed by atoms with E-state index in [2.05, 4.69) is 9.88 Å². The molecule has 8 heteroatoms. The molecule has 0 aliphatic heterocycles. The number of nitrogens with one attached hydrogen (secondary N) is 1. The second-order valence-corrected chi connectivity index (χ2v) is 6.71. The van der Waals surface area contributed by atoms with Gasteiger partial charge >= 0.3 is 0 Å². The summed E-state index contributed by atoms with van der Waals surface area (Å²) in [5.74, 6) is -0.112. The Hall–Kier alpha value is -2.09. The van der Waals surface area contributed by atoms with E-state index in [1.54, 1.807) is 12.1 Å². The van der Waals surface area contributed by atoms with Gasteiger partial charge in [0.25, 0.3) is 10.0 Å². The molecular weight excluding hydrogens is 296 g/mol. The quantitative estimate of drug-likeness (QED) is 0.918. The zero-order chi connectivity index (χ0) is 15.2. The van der Waals surface area contributed by atoms with Crippen molar-refractivity contribution in [1.82, 2.24) is 9.88 Å². The smallest absolute Gasteiger partial charge is 0.269 e. The van der Waals surface area contributed by atoms with Crippen molar-refractivity contribution in [2.45, 2.75) is 31.1 Å². The number of aryl methyl sites for hydroxylation is 2. The topological polar surface area (TPSA) is 102 Å². The molecule has 0 saturated heterocycles. The Labute approximate surface area is 121 Å².